The van der Waals surface area contributed by atoms with E-state index in [-0.39, 0.29) is 0 Å². The zero-order chi connectivity index (χ0) is 12.4. The molecule has 0 aliphatic rings. The molecule has 0 unspecified atom stereocenters. The average molecular weight is 254 g/mol. The molecule has 2 aromatic rings. The molecule has 2 aromatic heterocycles. The molecule has 0 aliphatic heterocycles. The Morgan fingerprint density at radius 3 is 2.82 bits per heavy atom. The van der Waals surface area contributed by atoms with Gasteiger partial charge in [0.2, 0.25) is 0 Å². The van der Waals surface area contributed by atoms with Crippen LogP contribution in [0.4, 0.5) is 0 Å². The van der Waals surface area contributed by atoms with Crippen LogP contribution in [0.15, 0.2) is 16.5 Å². The molecule has 4 nitrogen and oxygen atoms in total. The van der Waals surface area contributed by atoms with E-state index in [0.717, 1.165) is 30.3 Å². The molecule has 0 radical (unpaired) electrons. The molecule has 0 spiro atoms. The third-order valence-electron chi connectivity index (χ3n) is 2.69. The topological polar surface area (TPSA) is 43.0 Å². The lowest BCUT2D eigenvalue weighted by atomic mass is 10.3. The van der Waals surface area contributed by atoms with E-state index in [1.54, 1.807) is 0 Å². The predicted molar refractivity (Wildman–Crippen MR) is 68.3 cm³/mol. The van der Waals surface area contributed by atoms with Crippen LogP contribution < -0.4 is 5.32 Å². The fourth-order valence-corrected chi connectivity index (χ4v) is 1.93. The number of hydrogen-bond acceptors (Lipinski definition) is 3. The minimum atomic E-state index is 0.616. The van der Waals surface area contributed by atoms with Crippen LogP contribution in [0.5, 0.6) is 0 Å². The highest BCUT2D eigenvalue weighted by molar-refractivity contribution is 6.32. The lowest BCUT2D eigenvalue weighted by molar-refractivity contribution is 0.546. The van der Waals surface area contributed by atoms with Crippen molar-refractivity contribution in [3.8, 4) is 11.5 Å². The first kappa shape index (κ1) is 12.2. The average Bonchev–Trinajstić information content (AvgIpc) is 2.84. The van der Waals surface area contributed by atoms with E-state index in [1.807, 2.05) is 37.7 Å². The number of furan rings is 1. The van der Waals surface area contributed by atoms with E-state index in [1.165, 1.54) is 0 Å². The fraction of sp³-hybridized carbons (Fsp3) is 0.417. The molecular weight excluding hydrogens is 238 g/mol. The van der Waals surface area contributed by atoms with Gasteiger partial charge in [-0.3, -0.25) is 0 Å². The summed E-state index contributed by atoms with van der Waals surface area (Å²) in [5, 5.41) is 3.71. The Hall–Kier alpha value is -1.26. The summed E-state index contributed by atoms with van der Waals surface area (Å²) in [7, 11) is 3.83. The van der Waals surface area contributed by atoms with Gasteiger partial charge in [-0.05, 0) is 26.1 Å². The molecule has 5 heteroatoms. The van der Waals surface area contributed by atoms with Crippen molar-refractivity contribution in [2.24, 2.45) is 7.05 Å². The third kappa shape index (κ3) is 2.37. The molecule has 0 aromatic carbocycles. The smallest absolute Gasteiger partial charge is 0.155 e. The number of aromatic nitrogens is 2. The second kappa shape index (κ2) is 4.94. The molecule has 0 amide bonds. The molecule has 0 fully saturated rings. The van der Waals surface area contributed by atoms with Gasteiger partial charge in [-0.1, -0.05) is 11.6 Å². The first-order valence-corrected chi connectivity index (χ1v) is 5.93. The molecule has 0 bridgehead atoms. The highest BCUT2D eigenvalue weighted by atomic mass is 35.5. The number of imidazole rings is 1. The number of likely N-dealkylation sites (N-methyl/N-ethyl adjacent to an activating group) is 1. The summed E-state index contributed by atoms with van der Waals surface area (Å²) in [6, 6.07) is 3.80. The van der Waals surface area contributed by atoms with Crippen LogP contribution in [0.2, 0.25) is 5.15 Å². The van der Waals surface area contributed by atoms with Crippen molar-refractivity contribution in [1.82, 2.24) is 14.9 Å². The fourth-order valence-electron chi connectivity index (χ4n) is 1.70. The Morgan fingerprint density at radius 1 is 1.47 bits per heavy atom. The summed E-state index contributed by atoms with van der Waals surface area (Å²) in [5.74, 6) is 2.53. The van der Waals surface area contributed by atoms with Gasteiger partial charge < -0.3 is 14.3 Å². The van der Waals surface area contributed by atoms with Crippen LogP contribution in [0.1, 0.15) is 11.6 Å². The van der Waals surface area contributed by atoms with Gasteiger partial charge >= 0.3 is 0 Å². The van der Waals surface area contributed by atoms with Gasteiger partial charge in [0.15, 0.2) is 5.76 Å². The minimum absolute atomic E-state index is 0.616. The van der Waals surface area contributed by atoms with Gasteiger partial charge in [-0.25, -0.2) is 4.98 Å². The van der Waals surface area contributed by atoms with Crippen LogP contribution in [0.3, 0.4) is 0 Å². The van der Waals surface area contributed by atoms with Gasteiger partial charge in [0.1, 0.15) is 22.4 Å². The molecule has 92 valence electrons. The monoisotopic (exact) mass is 253 g/mol. The summed E-state index contributed by atoms with van der Waals surface area (Å²) >= 11 is 6.26. The number of halogens is 1. The Balaban J connectivity index is 2.35. The van der Waals surface area contributed by atoms with Crippen LogP contribution in [0, 0.1) is 6.92 Å². The van der Waals surface area contributed by atoms with Crippen molar-refractivity contribution in [3.05, 3.63) is 28.9 Å². The summed E-state index contributed by atoms with van der Waals surface area (Å²) in [6.45, 7) is 2.78. The van der Waals surface area contributed by atoms with E-state index in [2.05, 4.69) is 10.3 Å². The quantitative estimate of drug-likeness (QED) is 0.910. The standard InChI is InChI=1S/C12H16ClN3O/c1-8-4-5-9(17-8)11-12(13)16(3)10(15-11)6-7-14-2/h4-5,14H,6-7H2,1-3H3. The maximum atomic E-state index is 6.26. The largest absolute Gasteiger partial charge is 0.460 e. The van der Waals surface area contributed by atoms with Crippen LogP contribution in [-0.2, 0) is 13.5 Å². The van der Waals surface area contributed by atoms with Crippen molar-refractivity contribution in [2.45, 2.75) is 13.3 Å². The molecule has 0 aliphatic carbocycles. The first-order chi connectivity index (χ1) is 8.13. The summed E-state index contributed by atoms with van der Waals surface area (Å²) in [6.07, 6.45) is 0.840. The highest BCUT2D eigenvalue weighted by Crippen LogP contribution is 2.29. The normalized spacial score (nSPS) is 11.1. The molecule has 0 atom stereocenters. The SMILES string of the molecule is CNCCc1nc(-c2ccc(C)o2)c(Cl)n1C. The van der Waals surface area contributed by atoms with Crippen LogP contribution in [-0.4, -0.2) is 23.1 Å². The Labute approximate surface area is 106 Å². The van der Waals surface area contributed by atoms with E-state index in [9.17, 15) is 0 Å². The predicted octanol–water partition coefficient (Wildman–Crippen LogP) is 2.40. The van der Waals surface area contributed by atoms with E-state index < -0.39 is 0 Å². The minimum Gasteiger partial charge on any atom is -0.460 e. The molecular formula is C12H16ClN3O. The van der Waals surface area contributed by atoms with Crippen molar-refractivity contribution in [1.29, 1.82) is 0 Å². The zero-order valence-electron chi connectivity index (χ0n) is 10.2. The zero-order valence-corrected chi connectivity index (χ0v) is 11.0. The second-order valence-electron chi connectivity index (χ2n) is 3.99. The van der Waals surface area contributed by atoms with Gasteiger partial charge in [0.25, 0.3) is 0 Å². The summed E-state index contributed by atoms with van der Waals surface area (Å²) < 4.78 is 7.44. The Morgan fingerprint density at radius 2 is 2.24 bits per heavy atom. The number of nitrogens with zero attached hydrogens (tertiary/aromatic N) is 2. The molecule has 17 heavy (non-hydrogen) atoms. The number of nitrogens with one attached hydrogen (secondary N) is 1. The Kier molecular flexibility index (Phi) is 3.54. The second-order valence-corrected chi connectivity index (χ2v) is 4.35. The molecule has 2 rings (SSSR count). The molecule has 1 N–H and O–H groups in total. The van der Waals surface area contributed by atoms with Crippen molar-refractivity contribution >= 4 is 11.6 Å². The lowest BCUT2D eigenvalue weighted by Gasteiger charge is -2.00. The van der Waals surface area contributed by atoms with Crippen LogP contribution >= 0.6 is 11.6 Å². The van der Waals surface area contributed by atoms with Gasteiger partial charge in [0.05, 0.1) is 0 Å². The van der Waals surface area contributed by atoms with Crippen molar-refractivity contribution in [2.75, 3.05) is 13.6 Å². The summed E-state index contributed by atoms with van der Waals surface area (Å²) in [4.78, 5) is 4.53. The van der Waals surface area contributed by atoms with Crippen molar-refractivity contribution in [3.63, 3.8) is 0 Å². The number of rotatable bonds is 4. The Bertz CT molecular complexity index is 516. The maximum absolute atomic E-state index is 6.26. The van der Waals surface area contributed by atoms with Gasteiger partial charge in [-0.2, -0.15) is 0 Å². The van der Waals surface area contributed by atoms with E-state index >= 15 is 0 Å². The molecule has 2 heterocycles. The highest BCUT2D eigenvalue weighted by Gasteiger charge is 2.16. The van der Waals surface area contributed by atoms with Gasteiger partial charge in [0, 0.05) is 20.0 Å². The lowest BCUT2D eigenvalue weighted by Crippen LogP contribution is -2.13. The van der Waals surface area contributed by atoms with E-state index in [0.29, 0.717) is 10.8 Å². The number of hydrogen-bond donors (Lipinski definition) is 1. The maximum Gasteiger partial charge on any atom is 0.155 e. The van der Waals surface area contributed by atoms with Crippen LogP contribution in [0.25, 0.3) is 11.5 Å². The van der Waals surface area contributed by atoms with Crippen molar-refractivity contribution < 1.29 is 4.42 Å². The molecule has 0 saturated carbocycles. The molecule has 0 saturated heterocycles. The first-order valence-electron chi connectivity index (χ1n) is 5.56. The third-order valence-corrected chi connectivity index (χ3v) is 3.12. The van der Waals surface area contributed by atoms with Gasteiger partial charge in [-0.15, -0.1) is 0 Å². The van der Waals surface area contributed by atoms with E-state index in [4.69, 9.17) is 16.0 Å². The number of aryl methyl sites for hydroxylation is 1. The summed E-state index contributed by atoms with van der Waals surface area (Å²) in [5.41, 5.74) is 0.716.